The highest BCUT2D eigenvalue weighted by atomic mass is 32.2. The summed E-state index contributed by atoms with van der Waals surface area (Å²) in [6, 6.07) is 7.38. The van der Waals surface area contributed by atoms with Gasteiger partial charge in [-0.25, -0.2) is 0 Å². The third-order valence-electron chi connectivity index (χ3n) is 6.88. The fourth-order valence-electron chi connectivity index (χ4n) is 5.62. The second-order valence-electron chi connectivity index (χ2n) is 8.63. The first-order valence-electron chi connectivity index (χ1n) is 10.2. The number of likely N-dealkylation sites (tertiary alicyclic amines) is 1. The zero-order valence-electron chi connectivity index (χ0n) is 16.6. The lowest BCUT2D eigenvalue weighted by Gasteiger charge is -2.32. The van der Waals surface area contributed by atoms with E-state index in [1.165, 1.54) is 16.9 Å². The van der Waals surface area contributed by atoms with Gasteiger partial charge in [0.2, 0.25) is 17.7 Å². The molecule has 158 valence electrons. The van der Waals surface area contributed by atoms with Crippen LogP contribution < -0.4 is 10.2 Å². The largest absolute Gasteiger partial charge is 0.325 e. The van der Waals surface area contributed by atoms with Crippen molar-refractivity contribution in [3.63, 3.8) is 0 Å². The molecule has 3 heterocycles. The molecular weight excluding hydrogens is 434 g/mol. The number of aromatic amines is 1. The van der Waals surface area contributed by atoms with Gasteiger partial charge in [0.05, 0.1) is 21.7 Å². The highest BCUT2D eigenvalue weighted by Crippen LogP contribution is 2.64. The summed E-state index contributed by atoms with van der Waals surface area (Å²) < 4.78 is 0. The van der Waals surface area contributed by atoms with E-state index in [4.69, 9.17) is 0 Å². The summed E-state index contributed by atoms with van der Waals surface area (Å²) in [6.07, 6.45) is 2.86. The van der Waals surface area contributed by atoms with Crippen LogP contribution in [0.2, 0.25) is 0 Å². The molecule has 0 unspecified atom stereocenters. The summed E-state index contributed by atoms with van der Waals surface area (Å²) in [5, 5.41) is 3.74. The summed E-state index contributed by atoms with van der Waals surface area (Å²) in [5.74, 6) is -1.52. The summed E-state index contributed by atoms with van der Waals surface area (Å²) in [6.45, 7) is 1.71. The second-order valence-corrected chi connectivity index (χ2v) is 10.8. The van der Waals surface area contributed by atoms with Gasteiger partial charge < -0.3 is 10.3 Å². The topological polar surface area (TPSA) is 99.3 Å². The number of hydrogen-bond acceptors (Lipinski definition) is 6. The Balaban J connectivity index is 1.23. The Hall–Kier alpha value is -2.65. The number of thiazole rings is 1. The maximum atomic E-state index is 13.2. The Kier molecular flexibility index (Phi) is 4.10. The number of carbonyl (C=O) groups is 3. The highest BCUT2D eigenvalue weighted by Gasteiger charge is 2.66. The van der Waals surface area contributed by atoms with Crippen LogP contribution >= 0.6 is 23.1 Å². The van der Waals surface area contributed by atoms with Crippen LogP contribution in [0.4, 0.5) is 5.69 Å². The molecule has 1 aromatic carbocycles. The van der Waals surface area contributed by atoms with Gasteiger partial charge in [-0.3, -0.25) is 24.1 Å². The lowest BCUT2D eigenvalue weighted by atomic mass is 9.77. The van der Waals surface area contributed by atoms with Crippen LogP contribution in [0.3, 0.4) is 0 Å². The Morgan fingerprint density at radius 2 is 1.90 bits per heavy atom. The van der Waals surface area contributed by atoms with Gasteiger partial charge in [0, 0.05) is 10.9 Å². The summed E-state index contributed by atoms with van der Waals surface area (Å²) in [4.78, 5) is 55.5. The molecule has 5 atom stereocenters. The predicted molar refractivity (Wildman–Crippen MR) is 118 cm³/mol. The molecule has 2 aromatic rings. The number of aromatic nitrogens is 1. The minimum Gasteiger partial charge on any atom is -0.325 e. The van der Waals surface area contributed by atoms with Gasteiger partial charge in [0.1, 0.15) is 6.54 Å². The number of carbonyl (C=O) groups excluding carboxylic acids is 3. The van der Waals surface area contributed by atoms with Crippen molar-refractivity contribution in [1.29, 1.82) is 0 Å². The van der Waals surface area contributed by atoms with Crippen molar-refractivity contribution in [2.75, 3.05) is 11.9 Å². The van der Waals surface area contributed by atoms with Gasteiger partial charge in [0.25, 0.3) is 0 Å². The first kappa shape index (κ1) is 19.1. The van der Waals surface area contributed by atoms with Crippen LogP contribution in [0, 0.1) is 30.6 Å². The number of benzene rings is 1. The van der Waals surface area contributed by atoms with Crippen LogP contribution in [0.1, 0.15) is 16.9 Å². The fourth-order valence-corrected chi connectivity index (χ4v) is 8.06. The van der Waals surface area contributed by atoms with E-state index < -0.39 is 0 Å². The van der Waals surface area contributed by atoms with Crippen molar-refractivity contribution in [3.05, 3.63) is 49.9 Å². The van der Waals surface area contributed by atoms with Gasteiger partial charge in [0.15, 0.2) is 0 Å². The van der Waals surface area contributed by atoms with Crippen molar-refractivity contribution >= 4 is 52.6 Å². The molecule has 1 saturated heterocycles. The summed E-state index contributed by atoms with van der Waals surface area (Å²) in [7, 11) is 0. The van der Waals surface area contributed by atoms with E-state index >= 15 is 0 Å². The molecule has 2 aliphatic heterocycles. The minimum atomic E-state index is -0.384. The predicted octanol–water partition coefficient (Wildman–Crippen LogP) is 2.49. The lowest BCUT2D eigenvalue weighted by Crippen LogP contribution is -2.39. The SMILES string of the molecule is Cc1ccc(NC(=O)CN2C(=O)[C@@H]3[C@@H]4C[C@H](C5=Cc6sc(=O)[nH]c6S[C@H]54)[C@@H]3C2=O)cc1. The zero-order chi connectivity index (χ0) is 21.4. The fraction of sp³-hybridized carbons (Fsp3) is 0.364. The zero-order valence-corrected chi connectivity index (χ0v) is 18.2. The molecule has 31 heavy (non-hydrogen) atoms. The van der Waals surface area contributed by atoms with E-state index in [1.54, 1.807) is 23.9 Å². The van der Waals surface area contributed by atoms with Crippen molar-refractivity contribution in [3.8, 4) is 0 Å². The van der Waals surface area contributed by atoms with Gasteiger partial charge in [-0.1, -0.05) is 46.4 Å². The normalized spacial score (nSPS) is 30.2. The number of nitrogens with zero attached hydrogens (tertiary/aromatic N) is 1. The quantitative estimate of drug-likeness (QED) is 0.696. The molecule has 7 nitrogen and oxygen atoms in total. The Morgan fingerprint density at radius 3 is 2.68 bits per heavy atom. The van der Waals surface area contributed by atoms with Gasteiger partial charge in [-0.15, -0.1) is 0 Å². The summed E-state index contributed by atoms with van der Waals surface area (Å²) in [5.41, 5.74) is 2.90. The van der Waals surface area contributed by atoms with Crippen molar-refractivity contribution < 1.29 is 14.4 Å². The van der Waals surface area contributed by atoms with Crippen LogP contribution in [0.25, 0.3) is 6.08 Å². The van der Waals surface area contributed by atoms with Gasteiger partial charge >= 0.3 is 4.87 Å². The van der Waals surface area contributed by atoms with Crippen LogP contribution in [0.15, 0.2) is 39.7 Å². The van der Waals surface area contributed by atoms with E-state index in [0.717, 1.165) is 26.8 Å². The summed E-state index contributed by atoms with van der Waals surface area (Å²) >= 11 is 2.79. The minimum absolute atomic E-state index is 0.0134. The van der Waals surface area contributed by atoms with Crippen molar-refractivity contribution in [2.45, 2.75) is 23.6 Å². The van der Waals surface area contributed by atoms with E-state index in [0.29, 0.717) is 5.69 Å². The molecule has 2 bridgehead atoms. The molecule has 6 rings (SSSR count). The van der Waals surface area contributed by atoms with Crippen molar-refractivity contribution in [1.82, 2.24) is 9.88 Å². The number of imide groups is 1. The number of rotatable bonds is 3. The third-order valence-corrected chi connectivity index (χ3v) is 9.27. The third kappa shape index (κ3) is 2.79. The average Bonchev–Trinajstić information content (AvgIpc) is 3.45. The second kappa shape index (κ2) is 6.67. The number of hydrogen-bond donors (Lipinski definition) is 2. The number of amides is 3. The standard InChI is InChI=1S/C22H19N3O4S2/c1-9-2-4-10(5-3-9)23-15(26)8-25-20(27)16-11-6-13(17(16)21(25)28)18-12(11)7-14-19(31-18)24-22(29)30-14/h2-5,7,11,13,16-18H,6,8H2,1H3,(H,23,26)(H,24,29)/t11-,13+,16+,17-,18-/m1/s1. The number of fused-ring (bicyclic) bond motifs is 9. The Morgan fingerprint density at radius 1 is 1.16 bits per heavy atom. The number of aryl methyl sites for hydroxylation is 1. The molecular formula is C22H19N3O4S2. The molecule has 2 N–H and O–H groups in total. The van der Waals surface area contributed by atoms with Crippen LogP contribution in [-0.2, 0) is 14.4 Å². The van der Waals surface area contributed by atoms with Crippen molar-refractivity contribution in [2.24, 2.45) is 23.7 Å². The van der Waals surface area contributed by atoms with Crippen LogP contribution in [-0.4, -0.2) is 39.4 Å². The molecule has 3 fully saturated rings. The molecule has 9 heteroatoms. The van der Waals surface area contributed by atoms with E-state index in [-0.39, 0.29) is 58.1 Å². The van der Waals surface area contributed by atoms with E-state index in [2.05, 4.69) is 10.3 Å². The van der Waals surface area contributed by atoms with Gasteiger partial charge in [-0.2, -0.15) is 0 Å². The maximum absolute atomic E-state index is 13.2. The van der Waals surface area contributed by atoms with E-state index in [1.807, 2.05) is 25.1 Å². The van der Waals surface area contributed by atoms with Crippen LogP contribution in [0.5, 0.6) is 0 Å². The Bertz CT molecular complexity index is 1230. The highest BCUT2D eigenvalue weighted by molar-refractivity contribution is 8.00. The first-order chi connectivity index (χ1) is 14.9. The number of anilines is 1. The molecule has 2 saturated carbocycles. The molecule has 4 aliphatic rings. The molecule has 2 aliphatic carbocycles. The molecule has 1 aromatic heterocycles. The first-order valence-corrected chi connectivity index (χ1v) is 11.9. The molecule has 0 radical (unpaired) electrons. The number of thioether (sulfide) groups is 1. The van der Waals surface area contributed by atoms with E-state index in [9.17, 15) is 19.2 Å². The smallest absolute Gasteiger partial charge is 0.305 e. The lowest BCUT2D eigenvalue weighted by molar-refractivity contribution is -0.143. The number of H-pyrrole nitrogens is 1. The molecule has 0 spiro atoms. The molecule has 3 amide bonds. The average molecular weight is 454 g/mol. The maximum Gasteiger partial charge on any atom is 0.305 e. The Labute approximate surface area is 185 Å². The van der Waals surface area contributed by atoms with Gasteiger partial charge in [-0.05, 0) is 43.4 Å². The monoisotopic (exact) mass is 453 g/mol. The number of nitrogens with one attached hydrogen (secondary N) is 2.